The van der Waals surface area contributed by atoms with Crippen molar-refractivity contribution in [2.45, 2.75) is 71.3 Å². The van der Waals surface area contributed by atoms with Crippen molar-refractivity contribution in [3.63, 3.8) is 0 Å². The van der Waals surface area contributed by atoms with Gasteiger partial charge in [0.25, 0.3) is 0 Å². The molecule has 10 nitrogen and oxygen atoms in total. The van der Waals surface area contributed by atoms with Crippen molar-refractivity contribution in [3.05, 3.63) is 41.9 Å². The second-order valence-electron chi connectivity index (χ2n) is 12.2. The monoisotopic (exact) mass is 567 g/mol. The zero-order valence-corrected chi connectivity index (χ0v) is 24.5. The summed E-state index contributed by atoms with van der Waals surface area (Å²) >= 11 is 0. The third-order valence-electron chi connectivity index (χ3n) is 9.23. The first-order chi connectivity index (χ1) is 19.3. The number of sulfonamides is 1. The van der Waals surface area contributed by atoms with Crippen LogP contribution in [-0.2, 0) is 22.9 Å². The van der Waals surface area contributed by atoms with E-state index in [1.54, 1.807) is 13.3 Å². The molecular weight excluding hydrogens is 526 g/mol. The third-order valence-corrected chi connectivity index (χ3v) is 10.7. The van der Waals surface area contributed by atoms with Crippen molar-refractivity contribution in [3.8, 4) is 0 Å². The molecule has 0 amide bonds. The van der Waals surface area contributed by atoms with Crippen LogP contribution in [-0.4, -0.2) is 78.0 Å². The molecule has 1 spiro atoms. The zero-order chi connectivity index (χ0) is 27.7. The first kappa shape index (κ1) is 27.5. The highest BCUT2D eigenvalue weighted by Crippen LogP contribution is 2.44. The lowest BCUT2D eigenvalue weighted by molar-refractivity contribution is 0.0621. The minimum absolute atomic E-state index is 0.121. The van der Waals surface area contributed by atoms with Crippen LogP contribution in [0.1, 0.15) is 62.8 Å². The largest absolute Gasteiger partial charge is 0.426 e. The molecule has 2 aromatic heterocycles. The Labute approximate surface area is 237 Å². The predicted molar refractivity (Wildman–Crippen MR) is 155 cm³/mol. The molecule has 216 valence electrons. The Morgan fingerprint density at radius 3 is 2.52 bits per heavy atom. The fourth-order valence-corrected chi connectivity index (χ4v) is 7.70. The van der Waals surface area contributed by atoms with Crippen LogP contribution in [0.15, 0.2) is 28.9 Å². The maximum atomic E-state index is 11.9. The highest BCUT2D eigenvalue weighted by atomic mass is 32.2. The summed E-state index contributed by atoms with van der Waals surface area (Å²) in [6, 6.07) is 6.57. The van der Waals surface area contributed by atoms with Gasteiger partial charge in [0.2, 0.25) is 21.8 Å². The molecule has 2 saturated heterocycles. The molecule has 0 atom stereocenters. The summed E-state index contributed by atoms with van der Waals surface area (Å²) in [6.07, 6.45) is 9.85. The summed E-state index contributed by atoms with van der Waals surface area (Å²) in [6.45, 7) is 9.08. The van der Waals surface area contributed by atoms with Crippen LogP contribution in [0, 0.1) is 18.3 Å². The van der Waals surface area contributed by atoms with E-state index in [0.29, 0.717) is 23.1 Å². The molecule has 0 radical (unpaired) electrons. The topological polar surface area (TPSA) is 117 Å². The SMILES string of the molecule is CCS(=O)(=O)NC1CCC(CN2CCC3(CC2)CN(c2ncnc4ccc(CCc5nnc(C)o5)cc24)C3)CC1. The highest BCUT2D eigenvalue weighted by Gasteiger charge is 2.46. The van der Waals surface area contributed by atoms with E-state index >= 15 is 0 Å². The van der Waals surface area contributed by atoms with Crippen LogP contribution in [0.25, 0.3) is 10.9 Å². The summed E-state index contributed by atoms with van der Waals surface area (Å²) in [5.41, 5.74) is 2.59. The number of hydrogen-bond acceptors (Lipinski definition) is 9. The van der Waals surface area contributed by atoms with Crippen molar-refractivity contribution in [2.75, 3.05) is 43.4 Å². The average Bonchev–Trinajstić information content (AvgIpc) is 3.37. The molecule has 3 fully saturated rings. The van der Waals surface area contributed by atoms with Crippen LogP contribution >= 0.6 is 0 Å². The Bertz CT molecular complexity index is 1420. The summed E-state index contributed by atoms with van der Waals surface area (Å²) in [5, 5.41) is 9.16. The van der Waals surface area contributed by atoms with Crippen LogP contribution in [0.5, 0.6) is 0 Å². The van der Waals surface area contributed by atoms with Gasteiger partial charge in [0.15, 0.2) is 0 Å². The van der Waals surface area contributed by atoms with Gasteiger partial charge in [0, 0.05) is 49.8 Å². The standard InChI is InChI=1S/C29H41N7O3S/c1-3-40(37,38)34-24-8-4-23(5-9-24)17-35-14-12-29(13-15-35)18-36(19-29)28-25-16-22(6-10-26(25)30-20-31-28)7-11-27-33-32-21(2)39-27/h6,10,16,20,23-24,34H,3-5,7-9,11-15,17-19H2,1-2H3. The minimum atomic E-state index is -3.11. The maximum Gasteiger partial charge on any atom is 0.216 e. The van der Waals surface area contributed by atoms with Crippen molar-refractivity contribution in [1.82, 2.24) is 29.8 Å². The van der Waals surface area contributed by atoms with E-state index in [9.17, 15) is 8.42 Å². The van der Waals surface area contributed by atoms with Crippen molar-refractivity contribution >= 4 is 26.7 Å². The number of benzene rings is 1. The van der Waals surface area contributed by atoms with Gasteiger partial charge in [-0.3, -0.25) is 0 Å². The van der Waals surface area contributed by atoms with Crippen LogP contribution in [0.3, 0.4) is 0 Å². The zero-order valence-electron chi connectivity index (χ0n) is 23.7. The molecule has 3 aromatic rings. The van der Waals surface area contributed by atoms with Gasteiger partial charge in [0.05, 0.1) is 11.3 Å². The number of fused-ring (bicyclic) bond motifs is 1. The molecule has 3 aliphatic rings. The molecule has 11 heteroatoms. The molecule has 1 N–H and O–H groups in total. The molecule has 6 rings (SSSR count). The Kier molecular flexibility index (Phi) is 7.80. The number of nitrogens with one attached hydrogen (secondary N) is 1. The van der Waals surface area contributed by atoms with Gasteiger partial charge in [-0.05, 0) is 88.6 Å². The molecule has 1 aromatic carbocycles. The van der Waals surface area contributed by atoms with Gasteiger partial charge in [-0.2, -0.15) is 0 Å². The number of aromatic nitrogens is 4. The first-order valence-corrected chi connectivity index (χ1v) is 16.4. The lowest BCUT2D eigenvalue weighted by atomic mass is 9.71. The number of piperidine rings is 1. The van der Waals surface area contributed by atoms with Gasteiger partial charge < -0.3 is 14.2 Å². The number of rotatable bonds is 9. The van der Waals surface area contributed by atoms with Crippen LogP contribution in [0.2, 0.25) is 0 Å². The number of aryl methyl sites for hydroxylation is 3. The maximum absolute atomic E-state index is 11.9. The van der Waals surface area contributed by atoms with Crippen molar-refractivity contribution in [2.24, 2.45) is 11.3 Å². The minimum Gasteiger partial charge on any atom is -0.426 e. The van der Waals surface area contributed by atoms with Crippen molar-refractivity contribution < 1.29 is 12.8 Å². The Morgan fingerprint density at radius 1 is 1.05 bits per heavy atom. The van der Waals surface area contributed by atoms with Crippen LogP contribution < -0.4 is 9.62 Å². The summed E-state index contributed by atoms with van der Waals surface area (Å²) < 4.78 is 32.2. The second kappa shape index (κ2) is 11.3. The van der Waals surface area contributed by atoms with Crippen molar-refractivity contribution in [1.29, 1.82) is 0 Å². The molecular formula is C29H41N7O3S. The Balaban J connectivity index is 1.00. The fraction of sp³-hybridized carbons (Fsp3) is 0.655. The normalized spacial score (nSPS) is 23.5. The van der Waals surface area contributed by atoms with E-state index in [1.165, 1.54) is 18.4 Å². The lowest BCUT2D eigenvalue weighted by Crippen LogP contribution is -2.61. The Morgan fingerprint density at radius 2 is 1.82 bits per heavy atom. The van der Waals surface area contributed by atoms with E-state index in [-0.39, 0.29) is 11.8 Å². The smallest absolute Gasteiger partial charge is 0.216 e. The van der Waals surface area contributed by atoms with E-state index in [1.807, 2.05) is 6.92 Å². The predicted octanol–water partition coefficient (Wildman–Crippen LogP) is 3.51. The molecule has 40 heavy (non-hydrogen) atoms. The van der Waals surface area contributed by atoms with E-state index < -0.39 is 10.0 Å². The first-order valence-electron chi connectivity index (χ1n) is 14.8. The van der Waals surface area contributed by atoms with Gasteiger partial charge in [0.1, 0.15) is 12.1 Å². The lowest BCUT2D eigenvalue weighted by Gasteiger charge is -2.55. The molecule has 0 bridgehead atoms. The van der Waals surface area contributed by atoms with Gasteiger partial charge in [-0.25, -0.2) is 23.1 Å². The number of hydrogen-bond donors (Lipinski definition) is 1. The van der Waals surface area contributed by atoms with Gasteiger partial charge >= 0.3 is 0 Å². The number of anilines is 1. The fourth-order valence-electron chi connectivity index (χ4n) is 6.79. The molecule has 4 heterocycles. The van der Waals surface area contributed by atoms with Gasteiger partial charge in [-0.15, -0.1) is 10.2 Å². The van der Waals surface area contributed by atoms with E-state index in [4.69, 9.17) is 9.40 Å². The molecule has 1 saturated carbocycles. The second-order valence-corrected chi connectivity index (χ2v) is 14.2. The van der Waals surface area contributed by atoms with Crippen LogP contribution in [0.4, 0.5) is 5.82 Å². The highest BCUT2D eigenvalue weighted by molar-refractivity contribution is 7.89. The quantitative estimate of drug-likeness (QED) is 0.414. The van der Waals surface area contributed by atoms with Gasteiger partial charge in [-0.1, -0.05) is 6.07 Å². The number of nitrogens with zero attached hydrogens (tertiary/aromatic N) is 6. The average molecular weight is 568 g/mol. The molecule has 1 aliphatic carbocycles. The third kappa shape index (κ3) is 6.16. The Hall–Kier alpha value is -2.63. The summed E-state index contributed by atoms with van der Waals surface area (Å²) in [5.74, 6) is 3.16. The summed E-state index contributed by atoms with van der Waals surface area (Å²) in [7, 11) is -3.11. The molecule has 2 aliphatic heterocycles. The van der Waals surface area contributed by atoms with E-state index in [0.717, 1.165) is 88.0 Å². The summed E-state index contributed by atoms with van der Waals surface area (Å²) in [4.78, 5) is 14.3. The van der Waals surface area contributed by atoms with E-state index in [2.05, 4.69) is 47.9 Å². The molecule has 0 unspecified atom stereocenters. The number of likely N-dealkylation sites (tertiary alicyclic amines) is 1.